The van der Waals surface area contributed by atoms with Gasteiger partial charge >= 0.3 is 5.97 Å². The number of amides is 2. The Morgan fingerprint density at radius 1 is 0.892 bits per heavy atom. The Bertz CT molecular complexity index is 1500. The second-order valence-electron chi connectivity index (χ2n) is 9.09. The van der Waals surface area contributed by atoms with Crippen LogP contribution in [-0.4, -0.2) is 47.9 Å². The first kappa shape index (κ1) is 23.1. The smallest absolute Gasteiger partial charge is 0.339 e. The Morgan fingerprint density at radius 2 is 1.57 bits per heavy atom. The van der Waals surface area contributed by atoms with E-state index < -0.39 is 41.7 Å². The molecule has 0 radical (unpaired) electrons. The van der Waals surface area contributed by atoms with Crippen molar-refractivity contribution >= 4 is 47.1 Å². The molecule has 0 aromatic heterocycles. The lowest BCUT2D eigenvalue weighted by molar-refractivity contribution is -0.124. The Hall–Kier alpha value is -4.30. The summed E-state index contributed by atoms with van der Waals surface area (Å²) in [5.74, 6) is -3.93. The lowest BCUT2D eigenvalue weighted by atomic mass is 9.83. The number of methoxy groups -OCH3 is 1. The van der Waals surface area contributed by atoms with E-state index in [9.17, 15) is 19.2 Å². The number of hydrogen-bond donors (Lipinski definition) is 0. The maximum Gasteiger partial charge on any atom is 0.339 e. The molecule has 9 heteroatoms. The molecular weight excluding hydrogens is 494 g/mol. The first-order valence-electron chi connectivity index (χ1n) is 11.7. The van der Waals surface area contributed by atoms with Crippen molar-refractivity contribution in [2.24, 2.45) is 16.9 Å². The second-order valence-corrected chi connectivity index (χ2v) is 9.52. The number of carbonyl (C=O) groups excluding carboxylic acids is 4. The quantitative estimate of drug-likeness (QED) is 0.298. The highest BCUT2D eigenvalue weighted by molar-refractivity contribution is 6.30. The molecule has 4 atom stereocenters. The third-order valence-corrected chi connectivity index (χ3v) is 7.49. The van der Waals surface area contributed by atoms with Crippen LogP contribution in [0.2, 0.25) is 5.02 Å². The molecule has 184 valence electrons. The van der Waals surface area contributed by atoms with E-state index in [0.717, 1.165) is 16.0 Å². The van der Waals surface area contributed by atoms with Crippen LogP contribution in [0.5, 0.6) is 0 Å². The summed E-state index contributed by atoms with van der Waals surface area (Å²) in [4.78, 5) is 55.4. The minimum atomic E-state index is -1.02. The van der Waals surface area contributed by atoms with Gasteiger partial charge in [-0.05, 0) is 47.5 Å². The summed E-state index contributed by atoms with van der Waals surface area (Å²) in [5, 5.41) is 6.62. The van der Waals surface area contributed by atoms with Gasteiger partial charge in [0.25, 0.3) is 0 Å². The van der Waals surface area contributed by atoms with Gasteiger partial charge in [0.2, 0.25) is 11.8 Å². The molecule has 3 aromatic carbocycles. The van der Waals surface area contributed by atoms with Gasteiger partial charge in [-0.1, -0.05) is 48.0 Å². The number of para-hydroxylation sites is 1. The van der Waals surface area contributed by atoms with Gasteiger partial charge in [-0.2, -0.15) is 5.10 Å². The third-order valence-electron chi connectivity index (χ3n) is 7.24. The zero-order valence-electron chi connectivity index (χ0n) is 19.6. The van der Waals surface area contributed by atoms with E-state index in [1.807, 2.05) is 24.3 Å². The predicted molar refractivity (Wildman–Crippen MR) is 135 cm³/mol. The molecule has 0 N–H and O–H groups in total. The van der Waals surface area contributed by atoms with E-state index in [-0.39, 0.29) is 17.0 Å². The molecule has 2 saturated heterocycles. The summed E-state index contributed by atoms with van der Waals surface area (Å²) in [6.45, 7) is 0. The van der Waals surface area contributed by atoms with Crippen molar-refractivity contribution in [3.8, 4) is 0 Å². The zero-order valence-corrected chi connectivity index (χ0v) is 20.3. The molecule has 0 aliphatic carbocycles. The number of nitrogens with zero attached hydrogens (tertiary/aromatic N) is 3. The molecule has 2 amide bonds. The number of rotatable bonds is 4. The van der Waals surface area contributed by atoms with E-state index in [1.54, 1.807) is 47.6 Å². The fourth-order valence-corrected chi connectivity index (χ4v) is 5.77. The minimum Gasteiger partial charge on any atom is -0.465 e. The van der Waals surface area contributed by atoms with Gasteiger partial charge in [0.1, 0.15) is 6.04 Å². The van der Waals surface area contributed by atoms with Crippen molar-refractivity contribution < 1.29 is 23.9 Å². The van der Waals surface area contributed by atoms with Crippen LogP contribution < -0.4 is 4.90 Å². The number of fused-ring (bicyclic) bond motifs is 5. The number of imide groups is 1. The van der Waals surface area contributed by atoms with Gasteiger partial charge in [-0.15, -0.1) is 0 Å². The highest BCUT2D eigenvalue weighted by Gasteiger charge is 2.65. The minimum absolute atomic E-state index is 0.0890. The van der Waals surface area contributed by atoms with Crippen LogP contribution in [0.25, 0.3) is 0 Å². The summed E-state index contributed by atoms with van der Waals surface area (Å²) in [6.07, 6.45) is 1.65. The van der Waals surface area contributed by atoms with Crippen molar-refractivity contribution in [2.45, 2.75) is 12.1 Å². The molecule has 3 aromatic rings. The molecule has 1 unspecified atom stereocenters. The predicted octanol–water partition coefficient (Wildman–Crippen LogP) is 3.89. The first-order valence-corrected chi connectivity index (χ1v) is 12.1. The van der Waals surface area contributed by atoms with Crippen LogP contribution >= 0.6 is 11.6 Å². The summed E-state index contributed by atoms with van der Waals surface area (Å²) >= 11 is 6.03. The van der Waals surface area contributed by atoms with Crippen LogP contribution in [0, 0.1) is 11.8 Å². The van der Waals surface area contributed by atoms with Crippen LogP contribution in [0.15, 0.2) is 77.9 Å². The number of benzene rings is 3. The van der Waals surface area contributed by atoms with Crippen molar-refractivity contribution in [3.05, 3.63) is 100 Å². The topological polar surface area (TPSA) is 96.3 Å². The normalized spacial score (nSPS) is 23.5. The Balaban J connectivity index is 1.50. The molecule has 0 bridgehead atoms. The van der Waals surface area contributed by atoms with Gasteiger partial charge in [0, 0.05) is 10.6 Å². The Labute approximate surface area is 217 Å². The van der Waals surface area contributed by atoms with Crippen LogP contribution in [0.1, 0.15) is 37.9 Å². The lowest BCUT2D eigenvalue weighted by Crippen LogP contribution is -2.45. The fourth-order valence-electron chi connectivity index (χ4n) is 5.64. The Kier molecular flexibility index (Phi) is 5.42. The van der Waals surface area contributed by atoms with Crippen molar-refractivity contribution in [2.75, 3.05) is 12.0 Å². The molecule has 8 nitrogen and oxygen atoms in total. The van der Waals surface area contributed by atoms with Crippen LogP contribution in [0.3, 0.4) is 0 Å². The monoisotopic (exact) mass is 513 g/mol. The van der Waals surface area contributed by atoms with E-state index >= 15 is 0 Å². The highest BCUT2D eigenvalue weighted by atomic mass is 35.5. The number of anilines is 1. The van der Waals surface area contributed by atoms with Gasteiger partial charge < -0.3 is 4.74 Å². The second kappa shape index (κ2) is 8.67. The van der Waals surface area contributed by atoms with E-state index in [0.29, 0.717) is 10.6 Å². The van der Waals surface area contributed by atoms with E-state index in [4.69, 9.17) is 16.3 Å². The summed E-state index contributed by atoms with van der Waals surface area (Å²) in [6, 6.07) is 18.5. The number of halogens is 1. The maximum absolute atomic E-state index is 14.0. The largest absolute Gasteiger partial charge is 0.465 e. The first-order chi connectivity index (χ1) is 17.9. The molecule has 3 aliphatic rings. The number of esters is 1. The standard InChI is InChI=1S/C28H20ClN3O5/c1-37-28(36)19-8-4-5-9-20(19)31-26(34)21-22(27(31)35)24(25(33)15-10-12-17(29)13-11-15)32-23(21)18-7-3-2-6-16(18)14-30-32/h2-14,21-24H,1H3/t21-,22+,23?,24-/m0/s1. The van der Waals surface area contributed by atoms with Crippen molar-refractivity contribution in [1.29, 1.82) is 0 Å². The number of ketones is 1. The van der Waals surface area contributed by atoms with Gasteiger partial charge in [0.15, 0.2) is 5.78 Å². The highest BCUT2D eigenvalue weighted by Crippen LogP contribution is 2.53. The summed E-state index contributed by atoms with van der Waals surface area (Å²) < 4.78 is 4.88. The van der Waals surface area contributed by atoms with Crippen molar-refractivity contribution in [1.82, 2.24) is 5.01 Å². The summed E-state index contributed by atoms with van der Waals surface area (Å²) in [5.41, 5.74) is 2.21. The van der Waals surface area contributed by atoms with Crippen LogP contribution in [0.4, 0.5) is 5.69 Å². The molecule has 2 fully saturated rings. The number of carbonyl (C=O) groups is 4. The van der Waals surface area contributed by atoms with Gasteiger partial charge in [0.05, 0.1) is 42.5 Å². The SMILES string of the molecule is COC(=O)c1ccccc1N1C(=O)[C@@H]2[C@H](C1=O)C1c3ccccc3C=NN1[C@@H]2C(=O)c1ccc(Cl)cc1. The molecule has 0 saturated carbocycles. The summed E-state index contributed by atoms with van der Waals surface area (Å²) in [7, 11) is 1.23. The zero-order chi connectivity index (χ0) is 25.8. The number of ether oxygens (including phenoxy) is 1. The number of Topliss-reactive ketones (excluding diaryl/α,β-unsaturated/α-hetero) is 1. The molecule has 0 spiro atoms. The number of hydrazone groups is 1. The van der Waals surface area contributed by atoms with E-state index in [2.05, 4.69) is 5.10 Å². The average molecular weight is 514 g/mol. The number of hydrogen-bond acceptors (Lipinski definition) is 7. The van der Waals surface area contributed by atoms with Gasteiger partial charge in [-0.25, -0.2) is 9.69 Å². The molecule has 6 rings (SSSR count). The Morgan fingerprint density at radius 3 is 2.32 bits per heavy atom. The molecule has 3 aliphatic heterocycles. The van der Waals surface area contributed by atoms with Crippen molar-refractivity contribution in [3.63, 3.8) is 0 Å². The average Bonchev–Trinajstić information content (AvgIpc) is 3.40. The molecular formula is C28H20ClN3O5. The fraction of sp³-hybridized carbons (Fsp3) is 0.179. The van der Waals surface area contributed by atoms with E-state index in [1.165, 1.54) is 19.2 Å². The molecule has 3 heterocycles. The third kappa shape index (κ3) is 3.40. The van der Waals surface area contributed by atoms with Crippen LogP contribution in [-0.2, 0) is 14.3 Å². The lowest BCUT2D eigenvalue weighted by Gasteiger charge is -2.34. The molecule has 37 heavy (non-hydrogen) atoms. The maximum atomic E-state index is 14.0. The van der Waals surface area contributed by atoms with Gasteiger partial charge in [-0.3, -0.25) is 19.4 Å².